The predicted octanol–water partition coefficient (Wildman–Crippen LogP) is 4.64. The molecule has 0 fully saturated rings. The zero-order valence-electron chi connectivity index (χ0n) is 13.0. The summed E-state index contributed by atoms with van der Waals surface area (Å²) in [5, 5.41) is 1.98. The molecule has 0 N–H and O–H groups in total. The maximum absolute atomic E-state index is 12.1. The van der Waals surface area contributed by atoms with Crippen LogP contribution < -0.4 is 4.74 Å². The van der Waals surface area contributed by atoms with Gasteiger partial charge in [-0.15, -0.1) is 11.3 Å². The van der Waals surface area contributed by atoms with Crippen molar-refractivity contribution in [1.29, 1.82) is 0 Å². The van der Waals surface area contributed by atoms with Crippen LogP contribution in [0.5, 0.6) is 5.75 Å². The van der Waals surface area contributed by atoms with E-state index >= 15 is 0 Å². The Labute approximate surface area is 142 Å². The van der Waals surface area contributed by atoms with Crippen molar-refractivity contribution in [3.8, 4) is 16.5 Å². The van der Waals surface area contributed by atoms with Gasteiger partial charge in [0, 0.05) is 13.1 Å². The van der Waals surface area contributed by atoms with E-state index < -0.39 is 6.61 Å². The van der Waals surface area contributed by atoms with Gasteiger partial charge >= 0.3 is 6.61 Å². The predicted molar refractivity (Wildman–Crippen MR) is 88.1 cm³/mol. The van der Waals surface area contributed by atoms with E-state index in [1.54, 1.807) is 41.9 Å². The third-order valence-corrected chi connectivity index (χ3v) is 4.17. The maximum atomic E-state index is 12.1. The number of rotatable bonds is 7. The number of benzene rings is 1. The van der Waals surface area contributed by atoms with Crippen molar-refractivity contribution >= 4 is 11.3 Å². The lowest BCUT2D eigenvalue weighted by Crippen LogP contribution is -2.17. The van der Waals surface area contributed by atoms with Gasteiger partial charge in [-0.05, 0) is 36.2 Å². The molecule has 0 saturated carbocycles. The van der Waals surface area contributed by atoms with E-state index in [9.17, 15) is 8.78 Å². The first-order valence-corrected chi connectivity index (χ1v) is 8.18. The van der Waals surface area contributed by atoms with Gasteiger partial charge in [-0.1, -0.05) is 18.2 Å². The van der Waals surface area contributed by atoms with Crippen LogP contribution in [0, 0.1) is 0 Å². The van der Waals surface area contributed by atoms with Gasteiger partial charge in [0.2, 0.25) is 5.89 Å². The number of thiophene rings is 1. The highest BCUT2D eigenvalue weighted by atomic mass is 32.1. The molecule has 2 heterocycles. The molecule has 0 bridgehead atoms. The first kappa shape index (κ1) is 16.6. The van der Waals surface area contributed by atoms with E-state index in [1.165, 1.54) is 0 Å². The molecular weight excluding hydrogens is 334 g/mol. The van der Waals surface area contributed by atoms with Gasteiger partial charge in [0.1, 0.15) is 12.0 Å². The van der Waals surface area contributed by atoms with E-state index in [1.807, 2.05) is 24.6 Å². The lowest BCUT2D eigenvalue weighted by atomic mass is 10.2. The van der Waals surface area contributed by atoms with E-state index in [4.69, 9.17) is 4.42 Å². The molecule has 4 nitrogen and oxygen atoms in total. The Balaban J connectivity index is 1.56. The summed E-state index contributed by atoms with van der Waals surface area (Å²) in [6.45, 7) is -1.51. The molecule has 7 heteroatoms. The van der Waals surface area contributed by atoms with Crippen molar-refractivity contribution < 1.29 is 17.9 Å². The summed E-state index contributed by atoms with van der Waals surface area (Å²) in [6.07, 6.45) is 1.66. The Morgan fingerprint density at radius 2 is 2.00 bits per heavy atom. The Morgan fingerprint density at radius 3 is 2.67 bits per heavy atom. The third kappa shape index (κ3) is 4.39. The number of hydrogen-bond donors (Lipinski definition) is 0. The topological polar surface area (TPSA) is 38.5 Å². The van der Waals surface area contributed by atoms with Gasteiger partial charge in [0.15, 0.2) is 0 Å². The van der Waals surface area contributed by atoms with Crippen LogP contribution in [0.25, 0.3) is 10.8 Å². The number of alkyl halides is 2. The fourth-order valence-electron chi connectivity index (χ4n) is 2.31. The highest BCUT2D eigenvalue weighted by molar-refractivity contribution is 7.13. The van der Waals surface area contributed by atoms with E-state index in [0.29, 0.717) is 19.0 Å². The normalized spacial score (nSPS) is 11.4. The SMILES string of the molecule is CN(Cc1ccc(OC(F)F)cc1)Cc1coc(-c2cccs2)n1. The summed E-state index contributed by atoms with van der Waals surface area (Å²) in [6, 6.07) is 10.5. The number of oxazole rings is 1. The van der Waals surface area contributed by atoms with Gasteiger partial charge in [0.05, 0.1) is 10.6 Å². The Kier molecular flexibility index (Phi) is 5.22. The summed E-state index contributed by atoms with van der Waals surface area (Å²) >= 11 is 1.58. The van der Waals surface area contributed by atoms with Crippen molar-refractivity contribution in [2.45, 2.75) is 19.7 Å². The third-order valence-electron chi connectivity index (χ3n) is 3.32. The quantitative estimate of drug-likeness (QED) is 0.622. The minimum Gasteiger partial charge on any atom is -0.444 e. The van der Waals surface area contributed by atoms with Gasteiger partial charge < -0.3 is 9.15 Å². The van der Waals surface area contributed by atoms with E-state index in [0.717, 1.165) is 16.1 Å². The summed E-state index contributed by atoms with van der Waals surface area (Å²) in [5.41, 5.74) is 1.85. The highest BCUT2D eigenvalue weighted by Crippen LogP contribution is 2.24. The average Bonchev–Trinajstić information content (AvgIpc) is 3.19. The molecule has 1 aromatic carbocycles. The molecular formula is C17H16F2N2O2S. The van der Waals surface area contributed by atoms with Gasteiger partial charge in [-0.2, -0.15) is 8.78 Å². The van der Waals surface area contributed by atoms with Crippen molar-refractivity contribution in [3.05, 3.63) is 59.3 Å². The molecule has 0 saturated heterocycles. The maximum Gasteiger partial charge on any atom is 0.387 e. The second-order valence-corrected chi connectivity index (χ2v) is 6.26. The van der Waals surface area contributed by atoms with Crippen molar-refractivity contribution in [3.63, 3.8) is 0 Å². The van der Waals surface area contributed by atoms with E-state index in [-0.39, 0.29) is 5.75 Å². The van der Waals surface area contributed by atoms with Crippen LogP contribution in [0.1, 0.15) is 11.3 Å². The lowest BCUT2D eigenvalue weighted by molar-refractivity contribution is -0.0498. The molecule has 3 aromatic rings. The minimum absolute atomic E-state index is 0.161. The molecule has 0 spiro atoms. The summed E-state index contributed by atoms with van der Waals surface area (Å²) in [4.78, 5) is 7.55. The molecule has 0 aliphatic rings. The van der Waals surface area contributed by atoms with E-state index in [2.05, 4.69) is 14.6 Å². The highest BCUT2D eigenvalue weighted by Gasteiger charge is 2.10. The molecule has 0 atom stereocenters. The zero-order valence-corrected chi connectivity index (χ0v) is 13.8. The summed E-state index contributed by atoms with van der Waals surface area (Å²) in [5.74, 6) is 0.787. The molecule has 0 aliphatic heterocycles. The molecule has 24 heavy (non-hydrogen) atoms. The first-order valence-electron chi connectivity index (χ1n) is 7.31. The fourth-order valence-corrected chi connectivity index (χ4v) is 2.97. The molecule has 0 aliphatic carbocycles. The summed E-state index contributed by atoms with van der Waals surface area (Å²) < 4.78 is 34.1. The lowest BCUT2D eigenvalue weighted by Gasteiger charge is -2.15. The summed E-state index contributed by atoms with van der Waals surface area (Å²) in [7, 11) is 1.96. The second kappa shape index (κ2) is 7.55. The van der Waals surface area contributed by atoms with Crippen LogP contribution in [0.4, 0.5) is 8.78 Å². The van der Waals surface area contributed by atoms with Crippen molar-refractivity contribution in [2.24, 2.45) is 0 Å². The zero-order chi connectivity index (χ0) is 16.9. The van der Waals surface area contributed by atoms with Gasteiger partial charge in [0.25, 0.3) is 0 Å². The Morgan fingerprint density at radius 1 is 1.21 bits per heavy atom. The molecule has 3 rings (SSSR count). The Bertz CT molecular complexity index is 757. The number of nitrogens with zero attached hydrogens (tertiary/aromatic N) is 2. The Hall–Kier alpha value is -2.25. The van der Waals surface area contributed by atoms with Crippen LogP contribution in [0.15, 0.2) is 52.5 Å². The monoisotopic (exact) mass is 350 g/mol. The number of hydrogen-bond acceptors (Lipinski definition) is 5. The van der Waals surface area contributed by atoms with Crippen LogP contribution in [-0.2, 0) is 13.1 Å². The van der Waals surface area contributed by atoms with Crippen molar-refractivity contribution in [1.82, 2.24) is 9.88 Å². The fraction of sp³-hybridized carbons (Fsp3) is 0.235. The average molecular weight is 350 g/mol. The van der Waals surface area contributed by atoms with Crippen LogP contribution in [-0.4, -0.2) is 23.5 Å². The molecule has 0 radical (unpaired) electrons. The minimum atomic E-state index is -2.80. The number of halogens is 2. The van der Waals surface area contributed by atoms with Crippen LogP contribution in [0.2, 0.25) is 0 Å². The van der Waals surface area contributed by atoms with Gasteiger partial charge in [-0.25, -0.2) is 4.98 Å². The number of aromatic nitrogens is 1. The smallest absolute Gasteiger partial charge is 0.387 e. The van der Waals surface area contributed by atoms with Gasteiger partial charge in [-0.3, -0.25) is 4.90 Å². The largest absolute Gasteiger partial charge is 0.444 e. The van der Waals surface area contributed by atoms with Crippen LogP contribution in [0.3, 0.4) is 0 Å². The molecule has 0 amide bonds. The number of ether oxygens (including phenoxy) is 1. The second-order valence-electron chi connectivity index (χ2n) is 5.32. The van der Waals surface area contributed by atoms with Crippen LogP contribution >= 0.6 is 11.3 Å². The standard InChI is InChI=1S/C17H16F2N2O2S/c1-21(9-12-4-6-14(7-5-12)23-17(18)19)10-13-11-22-16(20-13)15-3-2-8-24-15/h2-8,11,17H,9-10H2,1H3. The molecule has 2 aromatic heterocycles. The van der Waals surface area contributed by atoms with Crippen molar-refractivity contribution in [2.75, 3.05) is 7.05 Å². The first-order chi connectivity index (χ1) is 11.6. The molecule has 0 unspecified atom stereocenters. The molecule has 126 valence electrons.